The van der Waals surface area contributed by atoms with Crippen molar-refractivity contribution in [2.45, 2.75) is 60.5 Å². The summed E-state index contributed by atoms with van der Waals surface area (Å²) in [6, 6.07) is 0. The summed E-state index contributed by atoms with van der Waals surface area (Å²) in [7, 11) is 0. The Morgan fingerprint density at radius 2 is 2.00 bits per heavy atom. The molecule has 4 nitrogen and oxygen atoms in total. The fourth-order valence-electron chi connectivity index (χ4n) is 1.81. The Kier molecular flexibility index (Phi) is 6.00. The zero-order chi connectivity index (χ0) is 17.1. The van der Waals surface area contributed by atoms with Crippen LogP contribution in [0.25, 0.3) is 0 Å². The third-order valence-electron chi connectivity index (χ3n) is 3.07. The molecule has 122 valence electrons. The van der Waals surface area contributed by atoms with E-state index < -0.39 is 11.7 Å². The van der Waals surface area contributed by atoms with Crippen LogP contribution in [0.1, 0.15) is 54.9 Å². The minimum atomic E-state index is -0.569. The molecule has 1 rings (SSSR count). The lowest BCUT2D eigenvalue weighted by molar-refractivity contribution is 0.0416. The third kappa shape index (κ3) is 4.73. The van der Waals surface area contributed by atoms with E-state index in [0.29, 0.717) is 10.9 Å². The lowest BCUT2D eigenvalue weighted by Crippen LogP contribution is -2.37. The van der Waals surface area contributed by atoms with Crippen molar-refractivity contribution in [3.05, 3.63) is 34.2 Å². The topological polar surface area (TPSA) is 41.9 Å². The van der Waals surface area contributed by atoms with Gasteiger partial charge in [0.2, 0.25) is 0 Å². The number of amidine groups is 1. The molecule has 0 aromatic rings. The minimum Gasteiger partial charge on any atom is -0.443 e. The Labute approximate surface area is 138 Å². The molecule has 0 N–H and O–H groups in total. The van der Waals surface area contributed by atoms with Crippen molar-refractivity contribution in [1.29, 1.82) is 0 Å². The van der Waals surface area contributed by atoms with Crippen LogP contribution in [0.4, 0.5) is 4.79 Å². The van der Waals surface area contributed by atoms with Gasteiger partial charge in [-0.2, -0.15) is 0 Å². The van der Waals surface area contributed by atoms with Gasteiger partial charge in [0.25, 0.3) is 0 Å². The lowest BCUT2D eigenvalue weighted by atomic mass is 10.2. The number of ether oxygens (including phenoxy) is 1. The van der Waals surface area contributed by atoms with Crippen LogP contribution in [0.15, 0.2) is 39.1 Å². The van der Waals surface area contributed by atoms with Gasteiger partial charge in [0, 0.05) is 22.5 Å². The van der Waals surface area contributed by atoms with Gasteiger partial charge in [0.1, 0.15) is 5.60 Å². The third-order valence-corrected chi connectivity index (χ3v) is 3.27. The molecule has 0 spiro atoms. The van der Waals surface area contributed by atoms with E-state index in [1.165, 1.54) is 4.90 Å². The summed E-state index contributed by atoms with van der Waals surface area (Å²) in [4.78, 5) is 18.4. The molecule has 0 unspecified atom stereocenters. The molecule has 0 saturated carbocycles. The van der Waals surface area contributed by atoms with Crippen LogP contribution in [0.5, 0.6) is 0 Å². The predicted molar refractivity (Wildman–Crippen MR) is 91.9 cm³/mol. The Bertz CT molecular complexity index is 574. The Morgan fingerprint density at radius 3 is 2.45 bits per heavy atom. The highest BCUT2D eigenvalue weighted by Gasteiger charge is 2.33. The summed E-state index contributed by atoms with van der Waals surface area (Å²) in [5.41, 5.74) is 2.03. The second kappa shape index (κ2) is 7.14. The molecule has 1 aliphatic heterocycles. The van der Waals surface area contributed by atoms with Gasteiger partial charge in [-0.05, 0) is 54.0 Å². The average Bonchev–Trinajstić information content (AvgIpc) is 2.70. The standard InChI is InChI=1S/C17H25ClN2O2/c1-8-11(2)10-19-15-14(13(4)18)9-12(3)20(15)16(21)22-17(5,6)7/h9-10H,8H2,1-7H3/b11-10+,14-13+,19-15+. The van der Waals surface area contributed by atoms with Gasteiger partial charge in [-0.3, -0.25) is 0 Å². The van der Waals surface area contributed by atoms with Crippen LogP contribution in [0.2, 0.25) is 0 Å². The number of hydrogen-bond donors (Lipinski definition) is 0. The van der Waals surface area contributed by atoms with Crippen molar-refractivity contribution in [3.8, 4) is 0 Å². The van der Waals surface area contributed by atoms with Gasteiger partial charge in [-0.15, -0.1) is 0 Å². The van der Waals surface area contributed by atoms with E-state index in [2.05, 4.69) is 11.9 Å². The van der Waals surface area contributed by atoms with Crippen molar-refractivity contribution >= 4 is 23.5 Å². The maximum Gasteiger partial charge on any atom is 0.420 e. The molecule has 0 atom stereocenters. The maximum absolute atomic E-state index is 12.5. The number of nitrogens with zero attached hydrogens (tertiary/aromatic N) is 2. The van der Waals surface area contributed by atoms with E-state index >= 15 is 0 Å². The molecule has 1 aliphatic rings. The van der Waals surface area contributed by atoms with Crippen LogP contribution in [0, 0.1) is 0 Å². The number of rotatable bonds is 2. The number of aliphatic imine (C=N–C) groups is 1. The molecule has 0 bridgehead atoms. The van der Waals surface area contributed by atoms with Crippen LogP contribution >= 0.6 is 11.6 Å². The zero-order valence-corrected chi connectivity index (χ0v) is 15.2. The summed E-state index contributed by atoms with van der Waals surface area (Å²) in [6.45, 7) is 13.2. The molecule has 0 aliphatic carbocycles. The van der Waals surface area contributed by atoms with E-state index in [0.717, 1.165) is 23.3 Å². The van der Waals surface area contributed by atoms with Crippen molar-refractivity contribution in [1.82, 2.24) is 4.90 Å². The van der Waals surface area contributed by atoms with E-state index in [4.69, 9.17) is 16.3 Å². The SMILES string of the molecule is CC/C(C)=C/N=C1\C(=C(/C)Cl)C=C(C)N1C(=O)OC(C)(C)C. The molecular formula is C17H25ClN2O2. The van der Waals surface area contributed by atoms with Crippen molar-refractivity contribution in [2.75, 3.05) is 0 Å². The molecule has 22 heavy (non-hydrogen) atoms. The first-order valence-corrected chi connectivity index (χ1v) is 7.76. The molecule has 5 heteroatoms. The summed E-state index contributed by atoms with van der Waals surface area (Å²) in [5.74, 6) is 0.507. The van der Waals surface area contributed by atoms with Crippen molar-refractivity contribution in [3.63, 3.8) is 0 Å². The number of halogens is 1. The summed E-state index contributed by atoms with van der Waals surface area (Å²) in [5, 5.41) is 0.590. The highest BCUT2D eigenvalue weighted by atomic mass is 35.5. The second-order valence-corrected chi connectivity index (χ2v) is 6.90. The molecular weight excluding hydrogens is 300 g/mol. The minimum absolute atomic E-state index is 0.449. The first-order valence-electron chi connectivity index (χ1n) is 7.38. The van der Waals surface area contributed by atoms with E-state index in [1.54, 1.807) is 13.1 Å². The first kappa shape index (κ1) is 18.5. The smallest absolute Gasteiger partial charge is 0.420 e. The number of carbonyl (C=O) groups is 1. The molecule has 0 fully saturated rings. The van der Waals surface area contributed by atoms with E-state index in [-0.39, 0.29) is 0 Å². The number of hydrogen-bond acceptors (Lipinski definition) is 3. The van der Waals surface area contributed by atoms with Gasteiger partial charge in [-0.1, -0.05) is 24.1 Å². The Balaban J connectivity index is 3.26. The number of carbonyl (C=O) groups excluding carboxylic acids is 1. The highest BCUT2D eigenvalue weighted by Crippen LogP contribution is 2.28. The molecule has 1 amide bonds. The normalized spacial score (nSPS) is 20.4. The molecule has 0 aromatic heterocycles. The lowest BCUT2D eigenvalue weighted by Gasteiger charge is -2.25. The summed E-state index contributed by atoms with van der Waals surface area (Å²) < 4.78 is 5.46. The summed E-state index contributed by atoms with van der Waals surface area (Å²) >= 11 is 6.15. The average molecular weight is 325 g/mol. The van der Waals surface area contributed by atoms with Gasteiger partial charge in [-0.25, -0.2) is 14.7 Å². The van der Waals surface area contributed by atoms with Gasteiger partial charge < -0.3 is 4.74 Å². The Hall–Kier alpha value is -1.55. The van der Waals surface area contributed by atoms with Gasteiger partial charge in [0.05, 0.1) is 0 Å². The van der Waals surface area contributed by atoms with Crippen molar-refractivity contribution < 1.29 is 9.53 Å². The molecule has 0 radical (unpaired) electrons. The largest absolute Gasteiger partial charge is 0.443 e. The number of allylic oxidation sites excluding steroid dienone is 3. The van der Waals surface area contributed by atoms with Gasteiger partial charge in [0.15, 0.2) is 5.84 Å². The molecule has 0 saturated heterocycles. The summed E-state index contributed by atoms with van der Waals surface area (Å²) in [6.07, 6.45) is 4.06. The number of amides is 1. The van der Waals surface area contributed by atoms with Gasteiger partial charge >= 0.3 is 6.09 Å². The van der Waals surface area contributed by atoms with Crippen LogP contribution in [0.3, 0.4) is 0 Å². The Morgan fingerprint density at radius 1 is 1.41 bits per heavy atom. The van der Waals surface area contributed by atoms with Crippen LogP contribution in [-0.4, -0.2) is 22.4 Å². The van der Waals surface area contributed by atoms with E-state index in [1.807, 2.05) is 40.7 Å². The fourth-order valence-corrected chi connectivity index (χ4v) is 1.95. The first-order chi connectivity index (χ1) is 10.1. The predicted octanol–water partition coefficient (Wildman–Crippen LogP) is 5.37. The fraction of sp³-hybridized carbons (Fsp3) is 0.529. The highest BCUT2D eigenvalue weighted by molar-refractivity contribution is 6.33. The van der Waals surface area contributed by atoms with E-state index in [9.17, 15) is 4.79 Å². The van der Waals surface area contributed by atoms with Crippen LogP contribution in [-0.2, 0) is 4.74 Å². The maximum atomic E-state index is 12.5. The quantitative estimate of drug-likeness (QED) is 0.685. The van der Waals surface area contributed by atoms with Crippen LogP contribution < -0.4 is 0 Å². The molecule has 1 heterocycles. The zero-order valence-electron chi connectivity index (χ0n) is 14.5. The van der Waals surface area contributed by atoms with Crippen molar-refractivity contribution in [2.24, 2.45) is 4.99 Å². The molecule has 0 aromatic carbocycles. The monoisotopic (exact) mass is 324 g/mol. The second-order valence-electron chi connectivity index (χ2n) is 6.33.